The van der Waals surface area contributed by atoms with E-state index in [-0.39, 0.29) is 23.9 Å². The second-order valence-electron chi connectivity index (χ2n) is 8.32. The number of amides is 1. The lowest BCUT2D eigenvalue weighted by atomic mass is 10.1. The van der Waals surface area contributed by atoms with E-state index in [9.17, 15) is 13.2 Å². The van der Waals surface area contributed by atoms with E-state index >= 15 is 0 Å². The summed E-state index contributed by atoms with van der Waals surface area (Å²) in [5, 5.41) is 3.48. The van der Waals surface area contributed by atoms with E-state index in [0.717, 1.165) is 16.7 Å². The number of hydrogen-bond acceptors (Lipinski definition) is 5. The fraction of sp³-hybridized carbons (Fsp3) is 0.143. The number of nitrogens with one attached hydrogen (secondary N) is 1. The monoisotopic (exact) mass is 535 g/mol. The molecular formula is C28H26ClN3O4S. The summed E-state index contributed by atoms with van der Waals surface area (Å²) in [6.45, 7) is 0.609. The minimum atomic E-state index is -3.83. The van der Waals surface area contributed by atoms with Gasteiger partial charge in [-0.1, -0.05) is 41.9 Å². The summed E-state index contributed by atoms with van der Waals surface area (Å²) in [5.74, 6) is 0.339. The van der Waals surface area contributed by atoms with Gasteiger partial charge in [-0.15, -0.1) is 0 Å². The zero-order chi connectivity index (χ0) is 26.3. The third-order valence-electron chi connectivity index (χ3n) is 5.70. The Bertz CT molecular complexity index is 1450. The van der Waals surface area contributed by atoms with Crippen LogP contribution < -0.4 is 10.1 Å². The summed E-state index contributed by atoms with van der Waals surface area (Å²) in [6, 6.07) is 24.1. The predicted octanol–water partition coefficient (Wildman–Crippen LogP) is 5.06. The molecular weight excluding hydrogens is 510 g/mol. The maximum Gasteiger partial charge on any atom is 0.251 e. The number of carbonyl (C=O) groups is 1. The van der Waals surface area contributed by atoms with E-state index in [0.29, 0.717) is 22.9 Å². The fourth-order valence-corrected chi connectivity index (χ4v) is 5.34. The SMILES string of the molecule is COc1ccc(S(=O)(=O)N(Cc2ccc(C(=O)NCc3cccc(Cl)c3)cc2)Cc2cccnc2)cc1. The minimum Gasteiger partial charge on any atom is -0.497 e. The summed E-state index contributed by atoms with van der Waals surface area (Å²) in [6.07, 6.45) is 3.28. The molecule has 0 fully saturated rings. The van der Waals surface area contributed by atoms with Gasteiger partial charge in [0.25, 0.3) is 5.91 Å². The van der Waals surface area contributed by atoms with E-state index in [2.05, 4.69) is 10.3 Å². The molecule has 1 amide bonds. The highest BCUT2D eigenvalue weighted by Gasteiger charge is 2.25. The molecule has 0 radical (unpaired) electrons. The fourth-order valence-electron chi connectivity index (χ4n) is 3.71. The van der Waals surface area contributed by atoms with E-state index in [1.165, 1.54) is 23.5 Å². The second kappa shape index (κ2) is 12.0. The topological polar surface area (TPSA) is 88.6 Å². The first-order chi connectivity index (χ1) is 17.8. The summed E-state index contributed by atoms with van der Waals surface area (Å²) >= 11 is 6.00. The average Bonchev–Trinajstić information content (AvgIpc) is 2.92. The Morgan fingerprint density at radius 3 is 2.27 bits per heavy atom. The van der Waals surface area contributed by atoms with Gasteiger partial charge in [-0.2, -0.15) is 4.31 Å². The van der Waals surface area contributed by atoms with Gasteiger partial charge in [0, 0.05) is 42.6 Å². The predicted molar refractivity (Wildman–Crippen MR) is 143 cm³/mol. The van der Waals surface area contributed by atoms with Crippen LogP contribution in [0.15, 0.2) is 102 Å². The Kier molecular flexibility index (Phi) is 8.55. The number of pyridine rings is 1. The van der Waals surface area contributed by atoms with Gasteiger partial charge in [0.05, 0.1) is 12.0 Å². The van der Waals surface area contributed by atoms with Gasteiger partial charge in [-0.05, 0) is 71.3 Å². The van der Waals surface area contributed by atoms with Crippen molar-refractivity contribution in [2.75, 3.05) is 7.11 Å². The maximum atomic E-state index is 13.6. The number of benzene rings is 3. The molecule has 7 nitrogen and oxygen atoms in total. The van der Waals surface area contributed by atoms with E-state index in [4.69, 9.17) is 16.3 Å². The first-order valence-corrected chi connectivity index (χ1v) is 13.3. The van der Waals surface area contributed by atoms with Gasteiger partial charge >= 0.3 is 0 Å². The van der Waals surface area contributed by atoms with E-state index in [1.807, 2.05) is 18.2 Å². The van der Waals surface area contributed by atoms with Gasteiger partial charge in [0.1, 0.15) is 5.75 Å². The number of rotatable bonds is 10. The Morgan fingerprint density at radius 2 is 1.62 bits per heavy atom. The van der Waals surface area contributed by atoms with Crippen LogP contribution in [0.4, 0.5) is 0 Å². The van der Waals surface area contributed by atoms with Crippen LogP contribution in [0.1, 0.15) is 27.0 Å². The number of ether oxygens (including phenoxy) is 1. The highest BCUT2D eigenvalue weighted by Crippen LogP contribution is 2.23. The lowest BCUT2D eigenvalue weighted by Gasteiger charge is -2.23. The van der Waals surface area contributed by atoms with Crippen molar-refractivity contribution in [1.82, 2.24) is 14.6 Å². The van der Waals surface area contributed by atoms with Crippen molar-refractivity contribution in [2.45, 2.75) is 24.5 Å². The maximum absolute atomic E-state index is 13.6. The van der Waals surface area contributed by atoms with Crippen LogP contribution in [0.3, 0.4) is 0 Å². The molecule has 0 aliphatic carbocycles. The average molecular weight is 536 g/mol. The highest BCUT2D eigenvalue weighted by atomic mass is 35.5. The van der Waals surface area contributed by atoms with Gasteiger partial charge < -0.3 is 10.1 Å². The smallest absolute Gasteiger partial charge is 0.251 e. The molecule has 0 aliphatic rings. The Morgan fingerprint density at radius 1 is 0.919 bits per heavy atom. The van der Waals surface area contributed by atoms with Crippen molar-refractivity contribution < 1.29 is 17.9 Å². The summed E-state index contributed by atoms with van der Waals surface area (Å²) in [7, 11) is -2.30. The molecule has 3 aromatic carbocycles. The van der Waals surface area contributed by atoms with Crippen LogP contribution in [0, 0.1) is 0 Å². The third-order valence-corrected chi connectivity index (χ3v) is 7.74. The molecule has 1 heterocycles. The van der Waals surface area contributed by atoms with E-state index < -0.39 is 10.0 Å². The van der Waals surface area contributed by atoms with Crippen LogP contribution in [0.2, 0.25) is 5.02 Å². The second-order valence-corrected chi connectivity index (χ2v) is 10.7. The largest absolute Gasteiger partial charge is 0.497 e. The van der Waals surface area contributed by atoms with Crippen LogP contribution in [-0.2, 0) is 29.7 Å². The number of halogens is 1. The number of nitrogens with zero attached hydrogens (tertiary/aromatic N) is 2. The van der Waals surface area contributed by atoms with Crippen LogP contribution in [-0.4, -0.2) is 30.7 Å². The molecule has 37 heavy (non-hydrogen) atoms. The molecule has 0 saturated carbocycles. The number of aromatic nitrogens is 1. The van der Waals surface area contributed by atoms with Crippen molar-refractivity contribution >= 4 is 27.5 Å². The van der Waals surface area contributed by atoms with Crippen molar-refractivity contribution in [3.05, 3.63) is 125 Å². The van der Waals surface area contributed by atoms with E-state index in [1.54, 1.807) is 67.0 Å². The number of methoxy groups -OCH3 is 1. The normalized spacial score (nSPS) is 11.3. The highest BCUT2D eigenvalue weighted by molar-refractivity contribution is 7.89. The third kappa shape index (κ3) is 6.95. The van der Waals surface area contributed by atoms with Gasteiger partial charge in [-0.3, -0.25) is 9.78 Å². The summed E-state index contributed by atoms with van der Waals surface area (Å²) in [5.41, 5.74) is 2.87. The number of hydrogen-bond donors (Lipinski definition) is 1. The van der Waals surface area contributed by atoms with Gasteiger partial charge in [0.2, 0.25) is 10.0 Å². The summed E-state index contributed by atoms with van der Waals surface area (Å²) < 4.78 is 33.6. The molecule has 0 unspecified atom stereocenters. The van der Waals surface area contributed by atoms with Crippen molar-refractivity contribution in [2.24, 2.45) is 0 Å². The lowest BCUT2D eigenvalue weighted by Crippen LogP contribution is -2.30. The first kappa shape index (κ1) is 26.3. The minimum absolute atomic E-state index is 0.119. The van der Waals surface area contributed by atoms with Crippen LogP contribution in [0.25, 0.3) is 0 Å². The zero-order valence-electron chi connectivity index (χ0n) is 20.2. The Labute approximate surface area is 221 Å². The zero-order valence-corrected chi connectivity index (χ0v) is 21.7. The Balaban J connectivity index is 1.51. The molecule has 9 heteroatoms. The lowest BCUT2D eigenvalue weighted by molar-refractivity contribution is 0.0951. The number of carbonyl (C=O) groups excluding carboxylic acids is 1. The molecule has 0 bridgehead atoms. The van der Waals surface area contributed by atoms with Gasteiger partial charge in [-0.25, -0.2) is 8.42 Å². The van der Waals surface area contributed by atoms with Gasteiger partial charge in [0.15, 0.2) is 0 Å². The Hall–Kier alpha value is -3.72. The molecule has 0 spiro atoms. The molecule has 0 aliphatic heterocycles. The molecule has 1 N–H and O–H groups in total. The van der Waals surface area contributed by atoms with Crippen LogP contribution in [0.5, 0.6) is 5.75 Å². The molecule has 4 rings (SSSR count). The quantitative estimate of drug-likeness (QED) is 0.306. The number of sulfonamides is 1. The molecule has 0 saturated heterocycles. The van der Waals surface area contributed by atoms with Crippen molar-refractivity contribution in [3.8, 4) is 5.75 Å². The van der Waals surface area contributed by atoms with Crippen molar-refractivity contribution in [1.29, 1.82) is 0 Å². The molecule has 4 aromatic rings. The molecule has 0 atom stereocenters. The van der Waals surface area contributed by atoms with Crippen LogP contribution >= 0.6 is 11.6 Å². The standard InChI is InChI=1S/C28H26ClN3O4S/c1-36-26-11-13-27(14-12-26)37(34,35)32(20-23-5-3-15-30-17-23)19-21-7-9-24(10-8-21)28(33)31-18-22-4-2-6-25(29)16-22/h2-17H,18-20H2,1H3,(H,31,33). The first-order valence-electron chi connectivity index (χ1n) is 11.5. The van der Waals surface area contributed by atoms with Crippen molar-refractivity contribution in [3.63, 3.8) is 0 Å². The molecule has 190 valence electrons. The summed E-state index contributed by atoms with van der Waals surface area (Å²) in [4.78, 5) is 16.9. The molecule has 1 aromatic heterocycles.